The van der Waals surface area contributed by atoms with E-state index in [9.17, 15) is 18.0 Å². The van der Waals surface area contributed by atoms with Crippen molar-refractivity contribution in [1.29, 1.82) is 0 Å². The summed E-state index contributed by atoms with van der Waals surface area (Å²) in [7, 11) is -3.93. The maximum absolute atomic E-state index is 13.8. The van der Waals surface area contributed by atoms with E-state index in [-0.39, 0.29) is 17.0 Å². The van der Waals surface area contributed by atoms with Crippen LogP contribution >= 0.6 is 11.6 Å². The van der Waals surface area contributed by atoms with Gasteiger partial charge in [-0.3, -0.25) is 4.79 Å². The van der Waals surface area contributed by atoms with Crippen LogP contribution in [0.5, 0.6) is 0 Å². The quantitative estimate of drug-likeness (QED) is 0.346. The molecule has 36 heavy (non-hydrogen) atoms. The van der Waals surface area contributed by atoms with Crippen LogP contribution in [0.15, 0.2) is 83.8 Å². The summed E-state index contributed by atoms with van der Waals surface area (Å²) in [6, 6.07) is 19.7. The predicted octanol–water partition coefficient (Wildman–Crippen LogP) is 3.86. The summed E-state index contributed by atoms with van der Waals surface area (Å²) in [6.07, 6.45) is 0.523. The van der Waals surface area contributed by atoms with Gasteiger partial charge in [-0.05, 0) is 53.9 Å². The number of carbonyl (C=O) groups excluding carboxylic acids is 1. The van der Waals surface area contributed by atoms with Crippen LogP contribution in [0, 0.1) is 0 Å². The molecular formula is C26H27ClN2O6S. The lowest BCUT2D eigenvalue weighted by Crippen LogP contribution is -2.43. The zero-order chi connectivity index (χ0) is 26.3. The first-order valence-corrected chi connectivity index (χ1v) is 13.0. The van der Waals surface area contributed by atoms with Gasteiger partial charge in [-0.2, -0.15) is 4.31 Å². The highest BCUT2D eigenvalue weighted by Crippen LogP contribution is 2.32. The van der Waals surface area contributed by atoms with E-state index in [2.05, 4.69) is 5.32 Å². The lowest BCUT2D eigenvalue weighted by atomic mass is 10.0. The zero-order valence-corrected chi connectivity index (χ0v) is 21.1. The number of halogens is 1. The molecule has 10 heteroatoms. The van der Waals surface area contributed by atoms with Gasteiger partial charge in [0.25, 0.3) is 5.91 Å². The molecule has 0 fully saturated rings. The number of carboxylic acids is 1. The first-order valence-electron chi connectivity index (χ1n) is 11.2. The first kappa shape index (κ1) is 27.3. The molecule has 190 valence electrons. The Bertz CT molecular complexity index is 1280. The second-order valence-electron chi connectivity index (χ2n) is 8.08. The average Bonchev–Trinajstić information content (AvgIpc) is 2.88. The highest BCUT2D eigenvalue weighted by molar-refractivity contribution is 7.89. The van der Waals surface area contributed by atoms with Crippen molar-refractivity contribution in [3.63, 3.8) is 0 Å². The summed E-state index contributed by atoms with van der Waals surface area (Å²) in [4.78, 5) is 23.5. The third-order valence-electron chi connectivity index (χ3n) is 5.68. The topological polar surface area (TPSA) is 124 Å². The number of carbonyl (C=O) groups is 2. The highest BCUT2D eigenvalue weighted by atomic mass is 35.5. The third kappa shape index (κ3) is 6.50. The molecular weight excluding hydrogens is 504 g/mol. The smallest absolute Gasteiger partial charge is 0.328 e. The van der Waals surface area contributed by atoms with Crippen molar-refractivity contribution in [2.24, 2.45) is 0 Å². The minimum Gasteiger partial charge on any atom is -0.480 e. The SMILES string of the molecule is CCC(c1ccccc1)N(Cc1ccc(C(=O)NC(CO)C(=O)O)cc1)S(=O)(=O)c1ccc(Cl)cc1. The largest absolute Gasteiger partial charge is 0.480 e. The molecule has 0 bridgehead atoms. The van der Waals surface area contributed by atoms with Gasteiger partial charge in [0.05, 0.1) is 17.5 Å². The Labute approximate surface area is 215 Å². The minimum absolute atomic E-state index is 0.0364. The van der Waals surface area contributed by atoms with Crippen LogP contribution in [0.25, 0.3) is 0 Å². The molecule has 0 saturated heterocycles. The number of aliphatic carboxylic acids is 1. The number of hydrogen-bond acceptors (Lipinski definition) is 5. The van der Waals surface area contributed by atoms with Crippen LogP contribution < -0.4 is 5.32 Å². The van der Waals surface area contributed by atoms with E-state index in [4.69, 9.17) is 21.8 Å². The van der Waals surface area contributed by atoms with E-state index in [1.54, 1.807) is 12.1 Å². The molecule has 0 aliphatic rings. The highest BCUT2D eigenvalue weighted by Gasteiger charge is 2.32. The number of benzene rings is 3. The standard InChI is InChI=1S/C26H27ClN2O6S/c1-2-24(19-6-4-3-5-7-19)29(36(34,35)22-14-12-21(27)13-15-22)16-18-8-10-20(11-9-18)25(31)28-23(17-30)26(32)33/h3-15,23-24,30H,2,16-17H2,1H3,(H,28,31)(H,32,33). The minimum atomic E-state index is -3.93. The van der Waals surface area contributed by atoms with Crippen molar-refractivity contribution in [3.05, 3.63) is 101 Å². The van der Waals surface area contributed by atoms with Crippen molar-refractivity contribution in [3.8, 4) is 0 Å². The Morgan fingerprint density at radius 1 is 0.972 bits per heavy atom. The zero-order valence-electron chi connectivity index (χ0n) is 19.5. The van der Waals surface area contributed by atoms with Gasteiger partial charge in [0.2, 0.25) is 10.0 Å². The lowest BCUT2D eigenvalue weighted by Gasteiger charge is -2.31. The molecule has 8 nitrogen and oxygen atoms in total. The fraction of sp³-hybridized carbons (Fsp3) is 0.231. The number of rotatable bonds is 11. The number of carboxylic acid groups (broad SMARTS) is 1. The summed E-state index contributed by atoms with van der Waals surface area (Å²) < 4.78 is 28.9. The van der Waals surface area contributed by atoms with E-state index >= 15 is 0 Å². The van der Waals surface area contributed by atoms with Crippen LogP contribution in [-0.2, 0) is 21.4 Å². The van der Waals surface area contributed by atoms with Crippen LogP contribution in [0.3, 0.4) is 0 Å². The number of nitrogens with zero attached hydrogens (tertiary/aromatic N) is 1. The fourth-order valence-corrected chi connectivity index (χ4v) is 5.56. The number of aliphatic hydroxyl groups is 1. The van der Waals surface area contributed by atoms with E-state index in [0.29, 0.717) is 17.0 Å². The lowest BCUT2D eigenvalue weighted by molar-refractivity contribution is -0.140. The fourth-order valence-electron chi connectivity index (χ4n) is 3.75. The van der Waals surface area contributed by atoms with Crippen molar-refractivity contribution in [1.82, 2.24) is 9.62 Å². The molecule has 3 aromatic rings. The van der Waals surface area contributed by atoms with E-state index in [1.165, 1.54) is 40.7 Å². The molecule has 2 unspecified atom stereocenters. The summed E-state index contributed by atoms with van der Waals surface area (Å²) in [6.45, 7) is 1.21. The number of aliphatic hydroxyl groups excluding tert-OH is 1. The van der Waals surface area contributed by atoms with Gasteiger partial charge < -0.3 is 15.5 Å². The van der Waals surface area contributed by atoms with E-state index < -0.39 is 40.6 Å². The van der Waals surface area contributed by atoms with Crippen LogP contribution in [0.2, 0.25) is 5.02 Å². The van der Waals surface area contributed by atoms with Crippen LogP contribution in [0.1, 0.15) is 40.9 Å². The molecule has 0 aliphatic heterocycles. The Balaban J connectivity index is 1.94. The molecule has 3 aromatic carbocycles. The second-order valence-corrected chi connectivity index (χ2v) is 10.4. The Morgan fingerprint density at radius 2 is 1.58 bits per heavy atom. The van der Waals surface area contributed by atoms with E-state index in [0.717, 1.165) is 5.56 Å². The van der Waals surface area contributed by atoms with E-state index in [1.807, 2.05) is 37.3 Å². The second kappa shape index (κ2) is 12.1. The normalized spacial score (nSPS) is 13.2. The molecule has 3 N–H and O–H groups in total. The molecule has 3 rings (SSSR count). The molecule has 0 radical (unpaired) electrons. The number of hydrogen-bond donors (Lipinski definition) is 3. The van der Waals surface area contributed by atoms with Crippen molar-refractivity contribution in [2.75, 3.05) is 6.61 Å². The number of sulfonamides is 1. The van der Waals surface area contributed by atoms with Gasteiger partial charge in [-0.1, -0.05) is 61.0 Å². The van der Waals surface area contributed by atoms with Crippen LogP contribution in [0.4, 0.5) is 0 Å². The number of nitrogens with one attached hydrogen (secondary N) is 1. The van der Waals surface area contributed by atoms with Crippen molar-refractivity contribution < 1.29 is 28.2 Å². The molecule has 0 aromatic heterocycles. The number of amides is 1. The predicted molar refractivity (Wildman–Crippen MR) is 136 cm³/mol. The van der Waals surface area contributed by atoms with Gasteiger partial charge in [-0.15, -0.1) is 0 Å². The average molecular weight is 531 g/mol. The Hall–Kier alpha value is -3.24. The summed E-state index contributed by atoms with van der Waals surface area (Å²) in [5, 5.41) is 20.8. The van der Waals surface area contributed by atoms with Gasteiger partial charge in [0.1, 0.15) is 0 Å². The maximum Gasteiger partial charge on any atom is 0.328 e. The van der Waals surface area contributed by atoms with Gasteiger partial charge in [0.15, 0.2) is 6.04 Å². The van der Waals surface area contributed by atoms with Gasteiger partial charge >= 0.3 is 5.97 Å². The summed E-state index contributed by atoms with van der Waals surface area (Å²) in [5.41, 5.74) is 1.66. The van der Waals surface area contributed by atoms with Gasteiger partial charge in [0, 0.05) is 17.1 Å². The van der Waals surface area contributed by atoms with Crippen molar-refractivity contribution >= 4 is 33.5 Å². The molecule has 1 amide bonds. The monoisotopic (exact) mass is 530 g/mol. The molecule has 0 aliphatic carbocycles. The molecule has 2 atom stereocenters. The molecule has 0 heterocycles. The molecule has 0 saturated carbocycles. The first-order chi connectivity index (χ1) is 17.2. The summed E-state index contributed by atoms with van der Waals surface area (Å²) in [5.74, 6) is -2.01. The Kier molecular flexibility index (Phi) is 9.22. The third-order valence-corrected chi connectivity index (χ3v) is 7.80. The summed E-state index contributed by atoms with van der Waals surface area (Å²) >= 11 is 5.97. The van der Waals surface area contributed by atoms with Crippen LogP contribution in [-0.4, -0.2) is 47.5 Å². The molecule has 0 spiro atoms. The Morgan fingerprint density at radius 3 is 2.11 bits per heavy atom. The maximum atomic E-state index is 13.8. The van der Waals surface area contributed by atoms with Gasteiger partial charge in [-0.25, -0.2) is 13.2 Å². The van der Waals surface area contributed by atoms with Crippen molar-refractivity contribution in [2.45, 2.75) is 36.9 Å².